The molecule has 1 aliphatic rings. The molecule has 1 heterocycles. The fourth-order valence-corrected chi connectivity index (χ4v) is 2.02. The summed E-state index contributed by atoms with van der Waals surface area (Å²) in [5.41, 5.74) is 2.46. The SMILES string of the molecule is CCN(CC)c1ccc2c(c1)NC(=O)C2O. The predicted octanol–water partition coefficient (Wildman–Crippen LogP) is 1.52. The van der Waals surface area contributed by atoms with E-state index in [0.717, 1.165) is 24.5 Å². The average Bonchev–Trinajstić information content (AvgIpc) is 2.56. The zero-order valence-electron chi connectivity index (χ0n) is 9.53. The van der Waals surface area contributed by atoms with Crippen molar-refractivity contribution in [3.05, 3.63) is 23.8 Å². The highest BCUT2D eigenvalue weighted by Gasteiger charge is 2.28. The molecule has 1 unspecified atom stereocenters. The van der Waals surface area contributed by atoms with Gasteiger partial charge in [-0.2, -0.15) is 0 Å². The maximum absolute atomic E-state index is 11.3. The van der Waals surface area contributed by atoms with Gasteiger partial charge in [0, 0.05) is 30.0 Å². The van der Waals surface area contributed by atoms with Crippen LogP contribution in [0.15, 0.2) is 18.2 Å². The third-order valence-electron chi connectivity index (χ3n) is 2.97. The number of aliphatic hydroxyl groups excluding tert-OH is 1. The predicted molar refractivity (Wildman–Crippen MR) is 63.6 cm³/mol. The van der Waals surface area contributed by atoms with E-state index < -0.39 is 6.10 Å². The van der Waals surface area contributed by atoms with Crippen LogP contribution in [-0.4, -0.2) is 24.1 Å². The molecule has 16 heavy (non-hydrogen) atoms. The van der Waals surface area contributed by atoms with Gasteiger partial charge in [0.2, 0.25) is 0 Å². The van der Waals surface area contributed by atoms with Crippen molar-refractivity contribution in [3.8, 4) is 0 Å². The molecular weight excluding hydrogens is 204 g/mol. The van der Waals surface area contributed by atoms with Gasteiger partial charge in [0.1, 0.15) is 0 Å². The molecular formula is C12H16N2O2. The lowest BCUT2D eigenvalue weighted by atomic mass is 10.1. The highest BCUT2D eigenvalue weighted by molar-refractivity contribution is 6.02. The van der Waals surface area contributed by atoms with Crippen molar-refractivity contribution in [2.24, 2.45) is 0 Å². The Balaban J connectivity index is 2.35. The number of carbonyl (C=O) groups excluding carboxylic acids is 1. The molecule has 4 nitrogen and oxygen atoms in total. The van der Waals surface area contributed by atoms with Gasteiger partial charge < -0.3 is 15.3 Å². The summed E-state index contributed by atoms with van der Waals surface area (Å²) in [6.07, 6.45) is -1.01. The van der Waals surface area contributed by atoms with Gasteiger partial charge in [0.15, 0.2) is 6.10 Å². The van der Waals surface area contributed by atoms with Crippen LogP contribution in [0, 0.1) is 0 Å². The molecule has 86 valence electrons. The molecule has 0 aliphatic carbocycles. The summed E-state index contributed by atoms with van der Waals surface area (Å²) in [6.45, 7) is 6.02. The van der Waals surface area contributed by atoms with Crippen LogP contribution in [0.2, 0.25) is 0 Å². The van der Waals surface area contributed by atoms with Crippen molar-refractivity contribution in [1.29, 1.82) is 0 Å². The van der Waals surface area contributed by atoms with Crippen molar-refractivity contribution in [1.82, 2.24) is 0 Å². The van der Waals surface area contributed by atoms with Crippen LogP contribution < -0.4 is 10.2 Å². The van der Waals surface area contributed by atoms with Crippen LogP contribution in [0.3, 0.4) is 0 Å². The minimum Gasteiger partial charge on any atom is -0.378 e. The second-order valence-corrected chi connectivity index (χ2v) is 3.84. The Labute approximate surface area is 94.9 Å². The minimum atomic E-state index is -1.01. The first-order chi connectivity index (χ1) is 7.67. The number of hydrogen-bond donors (Lipinski definition) is 2. The number of hydrogen-bond acceptors (Lipinski definition) is 3. The van der Waals surface area contributed by atoms with Crippen molar-refractivity contribution in [3.63, 3.8) is 0 Å². The molecule has 2 rings (SSSR count). The van der Waals surface area contributed by atoms with Crippen LogP contribution in [0.25, 0.3) is 0 Å². The van der Waals surface area contributed by atoms with E-state index in [1.165, 1.54) is 0 Å². The molecule has 1 aromatic carbocycles. The number of aliphatic hydroxyl groups is 1. The summed E-state index contributed by atoms with van der Waals surface area (Å²) < 4.78 is 0. The summed E-state index contributed by atoms with van der Waals surface area (Å²) in [7, 11) is 0. The van der Waals surface area contributed by atoms with Gasteiger partial charge in [0.25, 0.3) is 5.91 Å². The molecule has 0 spiro atoms. The number of benzene rings is 1. The minimum absolute atomic E-state index is 0.341. The molecule has 1 amide bonds. The topological polar surface area (TPSA) is 52.6 Å². The van der Waals surface area contributed by atoms with Gasteiger partial charge in [0.05, 0.1) is 0 Å². The van der Waals surface area contributed by atoms with E-state index in [0.29, 0.717) is 5.56 Å². The van der Waals surface area contributed by atoms with E-state index in [-0.39, 0.29) is 5.91 Å². The van der Waals surface area contributed by atoms with Gasteiger partial charge in [-0.3, -0.25) is 4.79 Å². The van der Waals surface area contributed by atoms with Crippen LogP contribution in [-0.2, 0) is 4.79 Å². The molecule has 4 heteroatoms. The largest absolute Gasteiger partial charge is 0.378 e. The van der Waals surface area contributed by atoms with Crippen LogP contribution in [0.4, 0.5) is 11.4 Å². The van der Waals surface area contributed by atoms with Crippen LogP contribution in [0.1, 0.15) is 25.5 Å². The highest BCUT2D eigenvalue weighted by Crippen LogP contribution is 2.33. The van der Waals surface area contributed by atoms with Crippen molar-refractivity contribution < 1.29 is 9.90 Å². The Morgan fingerprint density at radius 2 is 2.06 bits per heavy atom. The first-order valence-corrected chi connectivity index (χ1v) is 5.55. The Bertz CT molecular complexity index is 413. The fourth-order valence-electron chi connectivity index (χ4n) is 2.02. The van der Waals surface area contributed by atoms with Crippen molar-refractivity contribution >= 4 is 17.3 Å². The van der Waals surface area contributed by atoms with E-state index >= 15 is 0 Å². The Hall–Kier alpha value is -1.55. The summed E-state index contributed by atoms with van der Waals surface area (Å²) in [6, 6.07) is 5.66. The number of amides is 1. The Kier molecular flexibility index (Phi) is 2.83. The smallest absolute Gasteiger partial charge is 0.257 e. The van der Waals surface area contributed by atoms with Crippen LogP contribution in [0.5, 0.6) is 0 Å². The van der Waals surface area contributed by atoms with E-state index in [2.05, 4.69) is 24.1 Å². The first kappa shape index (κ1) is 11.0. The summed E-state index contributed by atoms with van der Waals surface area (Å²) in [5, 5.41) is 12.2. The first-order valence-electron chi connectivity index (χ1n) is 5.55. The lowest BCUT2D eigenvalue weighted by Gasteiger charge is -2.21. The second-order valence-electron chi connectivity index (χ2n) is 3.84. The summed E-state index contributed by atoms with van der Waals surface area (Å²) >= 11 is 0. The number of carbonyl (C=O) groups is 1. The van der Waals surface area contributed by atoms with Gasteiger partial charge in [-0.15, -0.1) is 0 Å². The van der Waals surface area contributed by atoms with Gasteiger partial charge in [-0.25, -0.2) is 0 Å². The standard InChI is InChI=1S/C12H16N2O2/c1-3-14(4-2)8-5-6-9-10(7-8)13-12(16)11(9)15/h5-7,11,15H,3-4H2,1-2H3,(H,13,16). The molecule has 0 radical (unpaired) electrons. The van der Waals surface area contributed by atoms with Crippen LogP contribution >= 0.6 is 0 Å². The Morgan fingerprint density at radius 1 is 1.38 bits per heavy atom. The number of anilines is 2. The molecule has 2 N–H and O–H groups in total. The van der Waals surface area contributed by atoms with Crippen molar-refractivity contribution in [2.45, 2.75) is 20.0 Å². The van der Waals surface area contributed by atoms with Gasteiger partial charge in [-0.05, 0) is 26.0 Å². The zero-order chi connectivity index (χ0) is 11.7. The maximum atomic E-state index is 11.3. The third-order valence-corrected chi connectivity index (χ3v) is 2.97. The van der Waals surface area contributed by atoms with E-state index in [4.69, 9.17) is 0 Å². The summed E-state index contributed by atoms with van der Waals surface area (Å²) in [4.78, 5) is 13.5. The molecule has 1 aromatic rings. The van der Waals surface area contributed by atoms with Crippen molar-refractivity contribution in [2.75, 3.05) is 23.3 Å². The molecule has 0 saturated carbocycles. The molecule has 0 fully saturated rings. The third kappa shape index (κ3) is 1.65. The maximum Gasteiger partial charge on any atom is 0.257 e. The quantitative estimate of drug-likeness (QED) is 0.812. The van der Waals surface area contributed by atoms with E-state index in [1.54, 1.807) is 0 Å². The number of nitrogens with one attached hydrogen (secondary N) is 1. The fraction of sp³-hybridized carbons (Fsp3) is 0.417. The molecule has 0 bridgehead atoms. The average molecular weight is 220 g/mol. The Morgan fingerprint density at radius 3 is 2.69 bits per heavy atom. The van der Waals surface area contributed by atoms with E-state index in [1.807, 2.05) is 18.2 Å². The second kappa shape index (κ2) is 4.14. The lowest BCUT2D eigenvalue weighted by molar-refractivity contribution is -0.123. The highest BCUT2D eigenvalue weighted by atomic mass is 16.3. The monoisotopic (exact) mass is 220 g/mol. The van der Waals surface area contributed by atoms with Gasteiger partial charge >= 0.3 is 0 Å². The van der Waals surface area contributed by atoms with Gasteiger partial charge in [-0.1, -0.05) is 6.07 Å². The normalized spacial score (nSPS) is 18.2. The number of nitrogens with zero attached hydrogens (tertiary/aromatic N) is 1. The molecule has 0 saturated heterocycles. The number of fused-ring (bicyclic) bond motifs is 1. The molecule has 1 atom stereocenters. The van der Waals surface area contributed by atoms with E-state index in [9.17, 15) is 9.90 Å². The summed E-state index contributed by atoms with van der Waals surface area (Å²) in [5.74, 6) is -0.341. The molecule has 1 aliphatic heterocycles. The lowest BCUT2D eigenvalue weighted by Crippen LogP contribution is -2.21. The number of rotatable bonds is 3. The molecule has 0 aromatic heterocycles. The zero-order valence-corrected chi connectivity index (χ0v) is 9.53.